The van der Waals surface area contributed by atoms with E-state index in [0.717, 1.165) is 56.0 Å². The van der Waals surface area contributed by atoms with Crippen LogP contribution in [0, 0.1) is 0 Å². The molecule has 0 atom stereocenters. The van der Waals surface area contributed by atoms with E-state index < -0.39 is 0 Å². The van der Waals surface area contributed by atoms with Crippen molar-refractivity contribution >= 4 is 35.2 Å². The minimum atomic E-state index is -0.0977. The van der Waals surface area contributed by atoms with Gasteiger partial charge >= 0.3 is 0 Å². The summed E-state index contributed by atoms with van der Waals surface area (Å²) in [6.07, 6.45) is 2.29. The van der Waals surface area contributed by atoms with Gasteiger partial charge in [-0.25, -0.2) is 5.43 Å². The average Bonchev–Trinajstić information content (AvgIpc) is 3.33. The molecule has 0 bridgehead atoms. The summed E-state index contributed by atoms with van der Waals surface area (Å²) in [5, 5.41) is 7.23. The quantitative estimate of drug-likeness (QED) is 0.536. The smallest absolute Gasteiger partial charge is 0.250 e. The lowest BCUT2D eigenvalue weighted by Crippen LogP contribution is -2.38. The fraction of sp³-hybridized carbons (Fsp3) is 0.476. The van der Waals surface area contributed by atoms with Gasteiger partial charge in [-0.15, -0.1) is 0 Å². The third-order valence-corrected chi connectivity index (χ3v) is 5.24. The molecule has 0 unspecified atom stereocenters. The predicted octanol–water partition coefficient (Wildman–Crippen LogP) is 2.10. The summed E-state index contributed by atoms with van der Waals surface area (Å²) in [6.45, 7) is 8.15. The molecule has 2 saturated heterocycles. The number of aromatic nitrogens is 3. The SMILES string of the molecule is CC(=O)Nc1ccc(C(C)=NNc2nc(N3CCCC3)nc(N3CCOCC3)n2)cc1. The van der Waals surface area contributed by atoms with Crippen molar-refractivity contribution in [3.8, 4) is 0 Å². The van der Waals surface area contributed by atoms with Gasteiger partial charge in [0.25, 0.3) is 0 Å². The molecule has 1 amide bonds. The van der Waals surface area contributed by atoms with Crippen LogP contribution in [0.2, 0.25) is 0 Å². The second-order valence-corrected chi connectivity index (χ2v) is 7.62. The minimum Gasteiger partial charge on any atom is -0.378 e. The van der Waals surface area contributed by atoms with E-state index in [1.165, 1.54) is 6.92 Å². The zero-order valence-electron chi connectivity index (χ0n) is 18.0. The zero-order valence-corrected chi connectivity index (χ0v) is 18.0. The Kier molecular flexibility index (Phi) is 6.56. The van der Waals surface area contributed by atoms with E-state index in [1.54, 1.807) is 0 Å². The lowest BCUT2D eigenvalue weighted by atomic mass is 10.1. The molecule has 31 heavy (non-hydrogen) atoms. The van der Waals surface area contributed by atoms with Gasteiger partial charge in [0.05, 0.1) is 18.9 Å². The molecule has 10 nitrogen and oxygen atoms in total. The lowest BCUT2D eigenvalue weighted by molar-refractivity contribution is -0.114. The van der Waals surface area contributed by atoms with Crippen LogP contribution < -0.4 is 20.5 Å². The van der Waals surface area contributed by atoms with Gasteiger partial charge in [-0.05, 0) is 37.5 Å². The normalized spacial score (nSPS) is 17.0. The summed E-state index contributed by atoms with van der Waals surface area (Å²) < 4.78 is 5.46. The van der Waals surface area contributed by atoms with Gasteiger partial charge in [-0.2, -0.15) is 20.1 Å². The molecular weight excluding hydrogens is 396 g/mol. The van der Waals surface area contributed by atoms with Crippen LogP contribution in [0.4, 0.5) is 23.5 Å². The number of rotatable bonds is 6. The maximum Gasteiger partial charge on any atom is 0.250 e. The van der Waals surface area contributed by atoms with Gasteiger partial charge in [-0.1, -0.05) is 12.1 Å². The number of hydrogen-bond acceptors (Lipinski definition) is 9. The molecule has 4 rings (SSSR count). The van der Waals surface area contributed by atoms with E-state index in [2.05, 4.69) is 35.6 Å². The van der Waals surface area contributed by atoms with Crippen molar-refractivity contribution in [1.29, 1.82) is 0 Å². The number of anilines is 4. The largest absolute Gasteiger partial charge is 0.378 e. The van der Waals surface area contributed by atoms with Gasteiger partial charge in [0.1, 0.15) is 0 Å². The van der Waals surface area contributed by atoms with Crippen LogP contribution in [0.15, 0.2) is 29.4 Å². The third-order valence-electron chi connectivity index (χ3n) is 5.24. The van der Waals surface area contributed by atoms with Gasteiger partial charge < -0.3 is 19.9 Å². The van der Waals surface area contributed by atoms with E-state index in [9.17, 15) is 4.79 Å². The first-order valence-electron chi connectivity index (χ1n) is 10.6. The van der Waals surface area contributed by atoms with Crippen LogP contribution in [0.3, 0.4) is 0 Å². The number of nitrogens with zero attached hydrogens (tertiary/aromatic N) is 6. The number of benzene rings is 1. The summed E-state index contributed by atoms with van der Waals surface area (Å²) >= 11 is 0. The number of carbonyl (C=O) groups excluding carboxylic acids is 1. The van der Waals surface area contributed by atoms with Gasteiger partial charge in [-0.3, -0.25) is 4.79 Å². The second-order valence-electron chi connectivity index (χ2n) is 7.62. The highest BCUT2D eigenvalue weighted by Gasteiger charge is 2.21. The Morgan fingerprint density at radius 3 is 2.16 bits per heavy atom. The topological polar surface area (TPSA) is 108 Å². The summed E-state index contributed by atoms with van der Waals surface area (Å²) in [5.74, 6) is 1.66. The highest BCUT2D eigenvalue weighted by atomic mass is 16.5. The minimum absolute atomic E-state index is 0.0977. The van der Waals surface area contributed by atoms with Crippen LogP contribution in [-0.4, -0.2) is 66.0 Å². The Labute approximate surface area is 181 Å². The van der Waals surface area contributed by atoms with Crippen LogP contribution in [0.1, 0.15) is 32.3 Å². The van der Waals surface area contributed by atoms with E-state index in [0.29, 0.717) is 31.1 Å². The number of carbonyl (C=O) groups is 1. The number of hydrogen-bond donors (Lipinski definition) is 2. The molecule has 1 aromatic heterocycles. The fourth-order valence-corrected chi connectivity index (χ4v) is 3.56. The zero-order chi connectivity index (χ0) is 21.6. The lowest BCUT2D eigenvalue weighted by Gasteiger charge is -2.27. The number of ether oxygens (including phenoxy) is 1. The number of hydrazone groups is 1. The molecular formula is C21H28N8O2. The van der Waals surface area contributed by atoms with Crippen LogP contribution >= 0.6 is 0 Å². The van der Waals surface area contributed by atoms with Crippen LogP contribution in [0.5, 0.6) is 0 Å². The maximum atomic E-state index is 11.2. The number of nitrogens with one attached hydrogen (secondary N) is 2. The van der Waals surface area contributed by atoms with E-state index in [4.69, 9.17) is 9.72 Å². The number of amides is 1. The summed E-state index contributed by atoms with van der Waals surface area (Å²) in [6, 6.07) is 7.52. The van der Waals surface area contributed by atoms with E-state index >= 15 is 0 Å². The van der Waals surface area contributed by atoms with Crippen LogP contribution in [-0.2, 0) is 9.53 Å². The van der Waals surface area contributed by atoms with Crippen molar-refractivity contribution in [2.45, 2.75) is 26.7 Å². The molecule has 164 valence electrons. The van der Waals surface area contributed by atoms with Crippen LogP contribution in [0.25, 0.3) is 0 Å². The first kappa shape index (κ1) is 21.0. The molecule has 2 N–H and O–H groups in total. The molecule has 2 aromatic rings. The van der Waals surface area contributed by atoms with Crippen molar-refractivity contribution in [3.05, 3.63) is 29.8 Å². The molecule has 0 radical (unpaired) electrons. The molecule has 0 aliphatic carbocycles. The summed E-state index contributed by atoms with van der Waals surface area (Å²) in [5.41, 5.74) is 5.47. The Hall–Kier alpha value is -3.27. The van der Waals surface area contributed by atoms with Crippen molar-refractivity contribution in [3.63, 3.8) is 0 Å². The predicted molar refractivity (Wildman–Crippen MR) is 121 cm³/mol. The second kappa shape index (κ2) is 9.69. The molecule has 0 spiro atoms. The Bertz CT molecular complexity index is 935. The summed E-state index contributed by atoms with van der Waals surface area (Å²) in [7, 11) is 0. The maximum absolute atomic E-state index is 11.2. The Morgan fingerprint density at radius 2 is 1.55 bits per heavy atom. The first-order valence-corrected chi connectivity index (χ1v) is 10.6. The molecule has 3 heterocycles. The standard InChI is InChI=1S/C21H28N8O2/c1-15(17-5-7-18(8-6-17)22-16(2)30)26-27-19-23-20(28-9-3-4-10-28)25-21(24-19)29-11-13-31-14-12-29/h5-8H,3-4,9-14H2,1-2H3,(H,22,30)(H,23,24,25,27). The van der Waals surface area contributed by atoms with Gasteiger partial charge in [0, 0.05) is 38.8 Å². The number of morpholine rings is 1. The molecule has 2 aliphatic rings. The highest BCUT2D eigenvalue weighted by Crippen LogP contribution is 2.21. The first-order chi connectivity index (χ1) is 15.1. The Morgan fingerprint density at radius 1 is 0.935 bits per heavy atom. The average molecular weight is 425 g/mol. The Balaban J connectivity index is 1.53. The van der Waals surface area contributed by atoms with E-state index in [-0.39, 0.29) is 5.91 Å². The highest BCUT2D eigenvalue weighted by molar-refractivity contribution is 5.99. The fourth-order valence-electron chi connectivity index (χ4n) is 3.56. The monoisotopic (exact) mass is 424 g/mol. The summed E-state index contributed by atoms with van der Waals surface area (Å²) in [4.78, 5) is 29.4. The molecule has 2 fully saturated rings. The van der Waals surface area contributed by atoms with E-state index in [1.807, 2.05) is 31.2 Å². The molecule has 2 aliphatic heterocycles. The van der Waals surface area contributed by atoms with Gasteiger partial charge in [0.2, 0.25) is 23.8 Å². The molecule has 0 saturated carbocycles. The third kappa shape index (κ3) is 5.46. The molecule has 1 aromatic carbocycles. The molecule has 10 heteroatoms. The van der Waals surface area contributed by atoms with Gasteiger partial charge in [0.15, 0.2) is 0 Å². The van der Waals surface area contributed by atoms with Crippen molar-refractivity contribution < 1.29 is 9.53 Å². The van der Waals surface area contributed by atoms with Crippen molar-refractivity contribution in [1.82, 2.24) is 15.0 Å². The van der Waals surface area contributed by atoms with Crippen molar-refractivity contribution in [2.75, 3.05) is 59.9 Å². The van der Waals surface area contributed by atoms with Crippen molar-refractivity contribution in [2.24, 2.45) is 5.10 Å².